The van der Waals surface area contributed by atoms with Gasteiger partial charge in [-0.05, 0) is 87.5 Å². The highest BCUT2D eigenvalue weighted by molar-refractivity contribution is 5.77. The predicted octanol–water partition coefficient (Wildman–Crippen LogP) is 2.35. The number of aryl methyl sites for hydroxylation is 1. The van der Waals surface area contributed by atoms with Crippen LogP contribution in [0.15, 0.2) is 42.5 Å². The fraction of sp³-hybridized carbons (Fsp3) is 0.440. The number of unbranched alkanes of at least 4 members (excludes halogenated alkanes) is 1. The number of carbonyl (C=O) groups is 2. The van der Waals surface area contributed by atoms with Crippen molar-refractivity contribution in [2.45, 2.75) is 45.1 Å². The second-order valence-electron chi connectivity index (χ2n) is 8.04. The van der Waals surface area contributed by atoms with Gasteiger partial charge in [-0.1, -0.05) is 18.2 Å². The summed E-state index contributed by atoms with van der Waals surface area (Å²) in [5.41, 5.74) is 8.17. The molecular weight excluding hydrogens is 420 g/mol. The van der Waals surface area contributed by atoms with Crippen LogP contribution in [0.3, 0.4) is 0 Å². The lowest BCUT2D eigenvalue weighted by Gasteiger charge is -2.15. The number of phenolic OH excluding ortho intramolecular Hbond substituents is 1. The van der Waals surface area contributed by atoms with Crippen LogP contribution in [-0.4, -0.2) is 49.7 Å². The highest BCUT2D eigenvalue weighted by Gasteiger charge is 2.07. The van der Waals surface area contributed by atoms with E-state index in [1.54, 1.807) is 12.1 Å². The molecule has 0 fully saturated rings. The number of nitrogens with two attached hydrogens (primary N) is 1. The van der Waals surface area contributed by atoms with Gasteiger partial charge in [-0.25, -0.2) is 0 Å². The monoisotopic (exact) mass is 456 g/mol. The van der Waals surface area contributed by atoms with Crippen LogP contribution in [0.4, 0.5) is 5.69 Å². The van der Waals surface area contributed by atoms with E-state index < -0.39 is 0 Å². The Labute approximate surface area is 195 Å². The molecule has 6 N–H and O–H groups in total. The van der Waals surface area contributed by atoms with E-state index in [1.807, 2.05) is 30.3 Å². The molecule has 1 unspecified atom stereocenters. The lowest BCUT2D eigenvalue weighted by molar-refractivity contribution is -0.123. The van der Waals surface area contributed by atoms with E-state index in [-0.39, 0.29) is 24.3 Å². The first-order valence-electron chi connectivity index (χ1n) is 11.5. The summed E-state index contributed by atoms with van der Waals surface area (Å²) in [7, 11) is 0. The Bertz CT molecular complexity index is 858. The number of nitrogens with one attached hydrogen (secondary N) is 3. The lowest BCUT2D eigenvalue weighted by atomic mass is 10.1. The maximum absolute atomic E-state index is 12.0. The van der Waals surface area contributed by atoms with Crippen LogP contribution in [-0.2, 0) is 22.4 Å². The Morgan fingerprint density at radius 3 is 2.58 bits per heavy atom. The van der Waals surface area contributed by atoms with E-state index >= 15 is 0 Å². The maximum Gasteiger partial charge on any atom is 0.257 e. The number of amides is 2. The second-order valence-corrected chi connectivity index (χ2v) is 8.04. The number of rotatable bonds is 16. The number of hydrogen-bond acceptors (Lipinski definition) is 6. The molecule has 1 atom stereocenters. The zero-order valence-electron chi connectivity index (χ0n) is 19.3. The summed E-state index contributed by atoms with van der Waals surface area (Å²) < 4.78 is 5.56. The minimum atomic E-state index is -0.145. The van der Waals surface area contributed by atoms with E-state index in [0.717, 1.165) is 44.2 Å². The van der Waals surface area contributed by atoms with Crippen LogP contribution in [0.2, 0.25) is 0 Å². The number of phenols is 1. The Balaban J connectivity index is 1.58. The number of benzene rings is 2. The molecule has 0 aliphatic heterocycles. The van der Waals surface area contributed by atoms with Gasteiger partial charge in [0.15, 0.2) is 6.61 Å². The average molecular weight is 457 g/mol. The zero-order valence-corrected chi connectivity index (χ0v) is 19.3. The van der Waals surface area contributed by atoms with Crippen molar-refractivity contribution in [1.82, 2.24) is 10.6 Å². The summed E-state index contributed by atoms with van der Waals surface area (Å²) in [6, 6.07) is 13.2. The Morgan fingerprint density at radius 2 is 1.85 bits per heavy atom. The lowest BCUT2D eigenvalue weighted by Crippen LogP contribution is -2.35. The van der Waals surface area contributed by atoms with Crippen LogP contribution >= 0.6 is 0 Å². The standard InChI is InChI=1S/C25H36N4O4/c1-19(27-15-12-21-7-10-24(31)23(16-21)29-18-30)11-14-28-25(32)17-33-22-8-5-20(6-9-22)4-2-3-13-26/h5-10,16,18-19,27,31H,2-4,11-15,17,26H2,1H3,(H,28,32)(H,29,30). The molecule has 2 rings (SSSR count). The molecule has 0 spiro atoms. The summed E-state index contributed by atoms with van der Waals surface area (Å²) in [5, 5.41) is 18.5. The van der Waals surface area contributed by atoms with Crippen LogP contribution in [0, 0.1) is 0 Å². The highest BCUT2D eigenvalue weighted by Crippen LogP contribution is 2.23. The first kappa shape index (κ1) is 26.2. The summed E-state index contributed by atoms with van der Waals surface area (Å²) >= 11 is 0. The van der Waals surface area contributed by atoms with Gasteiger partial charge in [0.05, 0.1) is 5.69 Å². The van der Waals surface area contributed by atoms with E-state index in [4.69, 9.17) is 10.5 Å². The molecular formula is C25H36N4O4. The molecule has 2 aromatic carbocycles. The van der Waals surface area contributed by atoms with Crippen molar-refractivity contribution in [3.63, 3.8) is 0 Å². The van der Waals surface area contributed by atoms with Crippen molar-refractivity contribution in [3.05, 3.63) is 53.6 Å². The van der Waals surface area contributed by atoms with Gasteiger partial charge in [-0.3, -0.25) is 9.59 Å². The summed E-state index contributed by atoms with van der Waals surface area (Å²) in [6.45, 7) is 4.07. The summed E-state index contributed by atoms with van der Waals surface area (Å²) in [4.78, 5) is 22.6. The quantitative estimate of drug-likeness (QED) is 0.150. The third kappa shape index (κ3) is 10.4. The molecule has 0 heterocycles. The van der Waals surface area contributed by atoms with Gasteiger partial charge in [0.1, 0.15) is 11.5 Å². The number of hydrogen-bond donors (Lipinski definition) is 5. The topological polar surface area (TPSA) is 126 Å². The molecule has 8 nitrogen and oxygen atoms in total. The van der Waals surface area contributed by atoms with E-state index in [9.17, 15) is 14.7 Å². The molecule has 0 radical (unpaired) electrons. The fourth-order valence-corrected chi connectivity index (χ4v) is 3.34. The molecule has 2 amide bonds. The molecule has 2 aromatic rings. The van der Waals surface area contributed by atoms with Gasteiger partial charge in [0.25, 0.3) is 5.91 Å². The normalized spacial score (nSPS) is 11.6. The number of anilines is 1. The molecule has 0 bridgehead atoms. The van der Waals surface area contributed by atoms with Crippen LogP contribution < -0.4 is 26.4 Å². The largest absolute Gasteiger partial charge is 0.506 e. The van der Waals surface area contributed by atoms with Gasteiger partial charge < -0.3 is 31.5 Å². The third-order valence-electron chi connectivity index (χ3n) is 5.29. The van der Waals surface area contributed by atoms with Crippen molar-refractivity contribution in [2.24, 2.45) is 5.73 Å². The van der Waals surface area contributed by atoms with E-state index in [1.165, 1.54) is 5.56 Å². The van der Waals surface area contributed by atoms with Crippen molar-refractivity contribution in [1.29, 1.82) is 0 Å². The molecule has 0 aliphatic carbocycles. The van der Waals surface area contributed by atoms with Crippen LogP contribution in [0.25, 0.3) is 0 Å². The molecule has 0 aliphatic rings. The molecule has 0 aromatic heterocycles. The molecule has 0 saturated heterocycles. The fourth-order valence-electron chi connectivity index (χ4n) is 3.34. The minimum absolute atomic E-state index is 0.00760. The van der Waals surface area contributed by atoms with E-state index in [0.29, 0.717) is 30.9 Å². The first-order valence-corrected chi connectivity index (χ1v) is 11.5. The third-order valence-corrected chi connectivity index (χ3v) is 5.29. The van der Waals surface area contributed by atoms with Crippen molar-refractivity contribution in [2.75, 3.05) is 31.6 Å². The summed E-state index contributed by atoms with van der Waals surface area (Å²) in [5.74, 6) is 0.583. The van der Waals surface area contributed by atoms with E-state index in [2.05, 4.69) is 22.9 Å². The predicted molar refractivity (Wildman–Crippen MR) is 131 cm³/mol. The Hall–Kier alpha value is -3.10. The summed E-state index contributed by atoms with van der Waals surface area (Å²) in [6.07, 6.45) is 5.17. The number of aromatic hydroxyl groups is 1. The molecule has 8 heteroatoms. The number of ether oxygens (including phenoxy) is 1. The Kier molecular flexibility index (Phi) is 11.8. The van der Waals surface area contributed by atoms with Gasteiger partial charge >= 0.3 is 0 Å². The smallest absolute Gasteiger partial charge is 0.257 e. The number of carbonyl (C=O) groups excluding carboxylic acids is 2. The second kappa shape index (κ2) is 14.9. The molecule has 33 heavy (non-hydrogen) atoms. The zero-order chi connectivity index (χ0) is 23.9. The van der Waals surface area contributed by atoms with Gasteiger partial charge in [0, 0.05) is 12.6 Å². The highest BCUT2D eigenvalue weighted by atomic mass is 16.5. The van der Waals surface area contributed by atoms with Gasteiger partial charge in [0.2, 0.25) is 6.41 Å². The van der Waals surface area contributed by atoms with Crippen LogP contribution in [0.5, 0.6) is 11.5 Å². The Morgan fingerprint density at radius 1 is 1.09 bits per heavy atom. The SMILES string of the molecule is CC(CCNC(=O)COc1ccc(CCCCN)cc1)NCCc1ccc(O)c(NC=O)c1. The van der Waals surface area contributed by atoms with Crippen molar-refractivity contribution in [3.8, 4) is 11.5 Å². The van der Waals surface area contributed by atoms with Gasteiger partial charge in [-0.15, -0.1) is 0 Å². The molecule has 180 valence electrons. The maximum atomic E-state index is 12.0. The van der Waals surface area contributed by atoms with Crippen molar-refractivity contribution < 1.29 is 19.4 Å². The minimum Gasteiger partial charge on any atom is -0.506 e. The molecule has 0 saturated carbocycles. The van der Waals surface area contributed by atoms with Crippen molar-refractivity contribution >= 4 is 18.0 Å². The van der Waals surface area contributed by atoms with Gasteiger partial charge in [-0.2, -0.15) is 0 Å². The average Bonchev–Trinajstić information content (AvgIpc) is 2.81. The van der Waals surface area contributed by atoms with Crippen LogP contribution in [0.1, 0.15) is 37.3 Å². The first-order chi connectivity index (χ1) is 16.0.